The van der Waals surface area contributed by atoms with E-state index in [2.05, 4.69) is 17.9 Å². The Morgan fingerprint density at radius 1 is 1.18 bits per heavy atom. The van der Waals surface area contributed by atoms with Gasteiger partial charge in [0.2, 0.25) is 0 Å². The van der Waals surface area contributed by atoms with Gasteiger partial charge in [-0.3, -0.25) is 4.79 Å². The average Bonchev–Trinajstić information content (AvgIpc) is 2.63. The Bertz CT molecular complexity index is 548. The van der Waals surface area contributed by atoms with Gasteiger partial charge in [-0.1, -0.05) is 0 Å². The lowest BCUT2D eigenvalue weighted by molar-refractivity contribution is 0.103. The average molecular weight is 271 g/mol. The van der Waals surface area contributed by atoms with Crippen LogP contribution in [0.2, 0.25) is 0 Å². The van der Waals surface area contributed by atoms with Crippen molar-refractivity contribution in [2.24, 2.45) is 0 Å². The highest BCUT2D eigenvalue weighted by Gasteiger charge is 2.09. The Labute approximate surface area is 106 Å². The van der Waals surface area contributed by atoms with E-state index in [-0.39, 0.29) is 5.69 Å². The third-order valence-corrected chi connectivity index (χ3v) is 3.29. The van der Waals surface area contributed by atoms with Crippen molar-refractivity contribution in [3.63, 3.8) is 0 Å². The van der Waals surface area contributed by atoms with Crippen molar-refractivity contribution in [2.45, 2.75) is 4.90 Å². The molecule has 17 heavy (non-hydrogen) atoms. The first-order valence-electron chi connectivity index (χ1n) is 4.59. The van der Waals surface area contributed by atoms with E-state index < -0.39 is 17.5 Å². The van der Waals surface area contributed by atoms with Gasteiger partial charge in [0.15, 0.2) is 0 Å². The summed E-state index contributed by atoms with van der Waals surface area (Å²) in [7, 11) is 0. The highest BCUT2D eigenvalue weighted by atomic mass is 32.1. The molecule has 2 aromatic rings. The molecule has 2 rings (SSSR count). The highest BCUT2D eigenvalue weighted by Crippen LogP contribution is 2.20. The fraction of sp³-hybridized carbons (Fsp3) is 0. The van der Waals surface area contributed by atoms with Crippen molar-refractivity contribution >= 4 is 35.6 Å². The standard InChI is InChI=1S/C11H7F2NOS2/c12-6-1-7(13)3-8(2-6)14-11(15)10-4-9(16)5-17-10/h1-5,16H,(H,14,15). The maximum absolute atomic E-state index is 12.9. The summed E-state index contributed by atoms with van der Waals surface area (Å²) in [5.74, 6) is -1.89. The quantitative estimate of drug-likeness (QED) is 0.803. The van der Waals surface area contributed by atoms with E-state index in [0.717, 1.165) is 18.2 Å². The number of amides is 1. The van der Waals surface area contributed by atoms with Gasteiger partial charge in [0.1, 0.15) is 11.6 Å². The summed E-state index contributed by atoms with van der Waals surface area (Å²) in [6, 6.07) is 4.43. The molecule has 88 valence electrons. The molecule has 0 aliphatic carbocycles. The van der Waals surface area contributed by atoms with Gasteiger partial charge in [0.25, 0.3) is 5.91 Å². The van der Waals surface area contributed by atoms with E-state index in [1.807, 2.05) is 0 Å². The maximum atomic E-state index is 12.9. The Balaban J connectivity index is 2.18. The molecule has 0 fully saturated rings. The highest BCUT2D eigenvalue weighted by molar-refractivity contribution is 7.80. The minimum atomic E-state index is -0.735. The number of nitrogens with one attached hydrogen (secondary N) is 1. The van der Waals surface area contributed by atoms with Crippen LogP contribution >= 0.6 is 24.0 Å². The van der Waals surface area contributed by atoms with Crippen LogP contribution in [0.3, 0.4) is 0 Å². The third-order valence-electron chi connectivity index (χ3n) is 1.93. The molecule has 1 amide bonds. The zero-order valence-corrected chi connectivity index (χ0v) is 10.1. The van der Waals surface area contributed by atoms with Crippen LogP contribution in [0.4, 0.5) is 14.5 Å². The maximum Gasteiger partial charge on any atom is 0.265 e. The van der Waals surface area contributed by atoms with Crippen LogP contribution in [0.25, 0.3) is 0 Å². The van der Waals surface area contributed by atoms with Crippen molar-refractivity contribution < 1.29 is 13.6 Å². The first-order chi connectivity index (χ1) is 8.04. The van der Waals surface area contributed by atoms with E-state index in [1.54, 1.807) is 11.4 Å². The van der Waals surface area contributed by atoms with Gasteiger partial charge >= 0.3 is 0 Å². The molecule has 0 unspecified atom stereocenters. The van der Waals surface area contributed by atoms with E-state index in [4.69, 9.17) is 0 Å². The number of thiol groups is 1. The first-order valence-corrected chi connectivity index (χ1v) is 5.92. The van der Waals surface area contributed by atoms with E-state index in [0.29, 0.717) is 9.77 Å². The fourth-order valence-electron chi connectivity index (χ4n) is 1.26. The van der Waals surface area contributed by atoms with E-state index in [9.17, 15) is 13.6 Å². The van der Waals surface area contributed by atoms with Crippen molar-refractivity contribution in [3.8, 4) is 0 Å². The summed E-state index contributed by atoms with van der Waals surface area (Å²) in [6.07, 6.45) is 0. The molecule has 0 saturated heterocycles. The molecular formula is C11H7F2NOS2. The second-order valence-electron chi connectivity index (χ2n) is 3.28. The third kappa shape index (κ3) is 3.04. The summed E-state index contributed by atoms with van der Waals surface area (Å²) in [6.45, 7) is 0. The monoisotopic (exact) mass is 271 g/mol. The molecule has 0 bridgehead atoms. The van der Waals surface area contributed by atoms with Gasteiger partial charge in [-0.25, -0.2) is 8.78 Å². The van der Waals surface area contributed by atoms with Gasteiger partial charge in [0, 0.05) is 22.0 Å². The zero-order chi connectivity index (χ0) is 12.4. The Kier molecular flexibility index (Phi) is 3.44. The van der Waals surface area contributed by atoms with E-state index in [1.165, 1.54) is 11.3 Å². The van der Waals surface area contributed by atoms with Crippen LogP contribution in [0.5, 0.6) is 0 Å². The molecule has 1 aromatic carbocycles. The molecule has 0 radical (unpaired) electrons. The minimum absolute atomic E-state index is 0.0848. The Morgan fingerprint density at radius 2 is 1.82 bits per heavy atom. The summed E-state index contributed by atoms with van der Waals surface area (Å²) in [5.41, 5.74) is 0.0848. The van der Waals surface area contributed by atoms with Crippen molar-refractivity contribution in [3.05, 3.63) is 46.2 Å². The zero-order valence-electron chi connectivity index (χ0n) is 8.41. The lowest BCUT2D eigenvalue weighted by Gasteiger charge is -2.03. The van der Waals surface area contributed by atoms with Crippen LogP contribution < -0.4 is 5.32 Å². The number of carbonyl (C=O) groups is 1. The van der Waals surface area contributed by atoms with Gasteiger partial charge in [-0.2, -0.15) is 0 Å². The molecule has 0 aliphatic heterocycles. The number of carbonyl (C=O) groups excluding carboxylic acids is 1. The lowest BCUT2D eigenvalue weighted by Crippen LogP contribution is -2.10. The molecule has 1 N–H and O–H groups in total. The number of hydrogen-bond donors (Lipinski definition) is 2. The van der Waals surface area contributed by atoms with Crippen LogP contribution in [-0.4, -0.2) is 5.91 Å². The Morgan fingerprint density at radius 3 is 2.35 bits per heavy atom. The van der Waals surface area contributed by atoms with Crippen LogP contribution in [-0.2, 0) is 0 Å². The number of rotatable bonds is 2. The normalized spacial score (nSPS) is 10.3. The summed E-state index contributed by atoms with van der Waals surface area (Å²) >= 11 is 5.28. The summed E-state index contributed by atoms with van der Waals surface area (Å²) < 4.78 is 25.8. The van der Waals surface area contributed by atoms with E-state index >= 15 is 0 Å². The molecule has 0 spiro atoms. The first kappa shape index (κ1) is 12.1. The summed E-state index contributed by atoms with van der Waals surface area (Å²) in [5, 5.41) is 4.11. The molecular weight excluding hydrogens is 264 g/mol. The second kappa shape index (κ2) is 4.85. The molecule has 6 heteroatoms. The largest absolute Gasteiger partial charge is 0.321 e. The predicted octanol–water partition coefficient (Wildman–Crippen LogP) is 3.57. The number of anilines is 1. The Hall–Kier alpha value is -1.40. The molecule has 0 aliphatic rings. The molecule has 1 aromatic heterocycles. The number of hydrogen-bond acceptors (Lipinski definition) is 3. The van der Waals surface area contributed by atoms with Crippen LogP contribution in [0.15, 0.2) is 34.5 Å². The second-order valence-corrected chi connectivity index (χ2v) is 4.71. The molecule has 2 nitrogen and oxygen atoms in total. The van der Waals surface area contributed by atoms with Crippen molar-refractivity contribution in [2.75, 3.05) is 5.32 Å². The molecule has 0 atom stereocenters. The molecule has 1 heterocycles. The number of thiophene rings is 1. The number of halogens is 2. The smallest absolute Gasteiger partial charge is 0.265 e. The van der Waals surface area contributed by atoms with Crippen molar-refractivity contribution in [1.82, 2.24) is 0 Å². The number of benzene rings is 1. The van der Waals surface area contributed by atoms with Gasteiger partial charge in [-0.05, 0) is 18.2 Å². The van der Waals surface area contributed by atoms with Crippen molar-refractivity contribution in [1.29, 1.82) is 0 Å². The SMILES string of the molecule is O=C(Nc1cc(F)cc(F)c1)c1cc(S)cs1. The fourth-order valence-corrected chi connectivity index (χ4v) is 2.31. The lowest BCUT2D eigenvalue weighted by atomic mass is 10.3. The van der Waals surface area contributed by atoms with Crippen LogP contribution in [0, 0.1) is 11.6 Å². The minimum Gasteiger partial charge on any atom is -0.321 e. The molecule has 0 saturated carbocycles. The summed E-state index contributed by atoms with van der Waals surface area (Å²) in [4.78, 5) is 12.8. The topological polar surface area (TPSA) is 29.1 Å². The predicted molar refractivity (Wildman–Crippen MR) is 65.9 cm³/mol. The van der Waals surface area contributed by atoms with Gasteiger partial charge < -0.3 is 5.32 Å². The van der Waals surface area contributed by atoms with Gasteiger partial charge in [-0.15, -0.1) is 24.0 Å². The van der Waals surface area contributed by atoms with Gasteiger partial charge in [0.05, 0.1) is 4.88 Å². The van der Waals surface area contributed by atoms with Crippen LogP contribution in [0.1, 0.15) is 9.67 Å².